The molecule has 458 valence electrons. The zero-order chi connectivity index (χ0) is 58.5. The molecule has 0 aliphatic rings. The summed E-state index contributed by atoms with van der Waals surface area (Å²) < 4.78 is 16.9. The van der Waals surface area contributed by atoms with Gasteiger partial charge in [-0.25, -0.2) is 0 Å². The highest BCUT2D eigenvalue weighted by molar-refractivity contribution is 5.71. The highest BCUT2D eigenvalue weighted by Crippen LogP contribution is 2.15. The van der Waals surface area contributed by atoms with Gasteiger partial charge < -0.3 is 14.2 Å². The Morgan fingerprint density at radius 1 is 0.259 bits per heavy atom. The van der Waals surface area contributed by atoms with Gasteiger partial charge in [-0.1, -0.05) is 269 Å². The normalized spacial score (nSPS) is 13.1. The van der Waals surface area contributed by atoms with Gasteiger partial charge in [0.1, 0.15) is 13.2 Å². The van der Waals surface area contributed by atoms with Gasteiger partial charge in [0, 0.05) is 19.3 Å². The van der Waals surface area contributed by atoms with E-state index in [1.54, 1.807) is 0 Å². The third-order valence-corrected chi connectivity index (χ3v) is 13.8. The molecule has 0 amide bonds. The first-order valence-electron chi connectivity index (χ1n) is 33.3. The Morgan fingerprint density at radius 3 is 0.753 bits per heavy atom. The molecule has 0 aromatic carbocycles. The van der Waals surface area contributed by atoms with Gasteiger partial charge in [0.2, 0.25) is 0 Å². The molecule has 0 heterocycles. The van der Waals surface area contributed by atoms with Crippen LogP contribution in [0.2, 0.25) is 0 Å². The van der Waals surface area contributed by atoms with E-state index in [9.17, 15) is 14.4 Å². The molecule has 1 unspecified atom stereocenters. The van der Waals surface area contributed by atoms with Crippen LogP contribution in [0.5, 0.6) is 0 Å². The lowest BCUT2D eigenvalue weighted by Crippen LogP contribution is -2.30. The molecule has 0 spiro atoms. The molecule has 0 rings (SSSR count). The van der Waals surface area contributed by atoms with Crippen molar-refractivity contribution < 1.29 is 28.6 Å². The van der Waals surface area contributed by atoms with E-state index in [0.29, 0.717) is 19.3 Å². The zero-order valence-electron chi connectivity index (χ0n) is 52.5. The topological polar surface area (TPSA) is 78.9 Å². The van der Waals surface area contributed by atoms with E-state index >= 15 is 0 Å². The third-order valence-electron chi connectivity index (χ3n) is 13.8. The number of ether oxygens (including phenoxy) is 3. The average molecular weight is 1120 g/mol. The fourth-order valence-electron chi connectivity index (χ4n) is 8.81. The summed E-state index contributed by atoms with van der Waals surface area (Å²) in [4.78, 5) is 38.4. The Morgan fingerprint density at radius 2 is 0.481 bits per heavy atom. The monoisotopic (exact) mass is 1120 g/mol. The number of hydrogen-bond acceptors (Lipinski definition) is 6. The number of carbonyl (C=O) groups excluding carboxylic acids is 3. The summed E-state index contributed by atoms with van der Waals surface area (Å²) in [7, 11) is 0. The molecule has 0 aliphatic carbocycles. The Bertz CT molecular complexity index is 1760. The molecule has 1 atom stereocenters. The number of carbonyl (C=O) groups is 3. The van der Waals surface area contributed by atoms with E-state index < -0.39 is 6.10 Å². The lowest BCUT2D eigenvalue weighted by molar-refractivity contribution is -0.167. The Labute approximate surface area is 499 Å². The van der Waals surface area contributed by atoms with E-state index in [1.165, 1.54) is 89.9 Å². The van der Waals surface area contributed by atoms with Gasteiger partial charge in [-0.3, -0.25) is 14.4 Å². The molecule has 0 saturated carbocycles. The van der Waals surface area contributed by atoms with Crippen molar-refractivity contribution in [1.29, 1.82) is 0 Å². The van der Waals surface area contributed by atoms with Crippen molar-refractivity contribution >= 4 is 17.9 Å². The van der Waals surface area contributed by atoms with Crippen LogP contribution in [0.3, 0.4) is 0 Å². The van der Waals surface area contributed by atoms with Crippen molar-refractivity contribution in [3.63, 3.8) is 0 Å². The number of rotatable bonds is 59. The van der Waals surface area contributed by atoms with E-state index in [4.69, 9.17) is 14.2 Å². The number of allylic oxidation sites excluding steroid dienone is 24. The summed E-state index contributed by atoms with van der Waals surface area (Å²) in [5.74, 6) is -0.936. The first-order valence-corrected chi connectivity index (χ1v) is 33.3. The maximum atomic E-state index is 12.9. The minimum atomic E-state index is -0.805. The molecule has 81 heavy (non-hydrogen) atoms. The van der Waals surface area contributed by atoms with Crippen molar-refractivity contribution in [1.82, 2.24) is 0 Å². The van der Waals surface area contributed by atoms with Gasteiger partial charge in [0.15, 0.2) is 6.10 Å². The van der Waals surface area contributed by atoms with Gasteiger partial charge in [-0.2, -0.15) is 0 Å². The lowest BCUT2D eigenvalue weighted by atomic mass is 10.1. The number of esters is 3. The van der Waals surface area contributed by atoms with Gasteiger partial charge in [0.05, 0.1) is 0 Å². The molecule has 0 fully saturated rings. The molecule has 0 radical (unpaired) electrons. The number of unbranched alkanes of at least 4 members (excludes halogenated alkanes) is 24. The predicted molar refractivity (Wildman–Crippen MR) is 352 cm³/mol. The molecule has 0 aromatic rings. The summed E-state index contributed by atoms with van der Waals surface area (Å²) in [6.45, 7) is 6.45. The first-order chi connectivity index (χ1) is 40.0. The summed E-state index contributed by atoms with van der Waals surface area (Å²) in [6, 6.07) is 0. The number of hydrogen-bond donors (Lipinski definition) is 0. The van der Waals surface area contributed by atoms with Crippen molar-refractivity contribution in [2.45, 2.75) is 297 Å². The molecule has 0 saturated heterocycles. The quantitative estimate of drug-likeness (QED) is 0.0261. The maximum Gasteiger partial charge on any atom is 0.306 e. The predicted octanol–water partition coefficient (Wildman–Crippen LogP) is 23.1. The highest BCUT2D eigenvalue weighted by Gasteiger charge is 2.19. The SMILES string of the molecule is CC/C=C\C/C=C\C/C=C\C/C=C\C/C=C\C/C=C\C/C=C\CCCCCCCC(=O)OCC(COC(=O)CCCCCCCCC/C=C\C/C=C\CCCCC)OC(=O)CCCCCCCC/C=C\C/C=C\C/C=C\CCCCC. The molecule has 0 N–H and O–H groups in total. The van der Waals surface area contributed by atoms with Crippen molar-refractivity contribution in [3.8, 4) is 0 Å². The van der Waals surface area contributed by atoms with Gasteiger partial charge in [-0.15, -0.1) is 0 Å². The molecular formula is C75H122O6. The minimum Gasteiger partial charge on any atom is -0.462 e. The third kappa shape index (κ3) is 66.0. The minimum absolute atomic E-state index is 0.0986. The van der Waals surface area contributed by atoms with Crippen molar-refractivity contribution in [2.75, 3.05) is 13.2 Å². The van der Waals surface area contributed by atoms with Gasteiger partial charge in [-0.05, 0) is 148 Å². The van der Waals surface area contributed by atoms with E-state index in [1.807, 2.05) is 0 Å². The van der Waals surface area contributed by atoms with Crippen LogP contribution in [-0.4, -0.2) is 37.2 Å². The van der Waals surface area contributed by atoms with Gasteiger partial charge >= 0.3 is 17.9 Å². The highest BCUT2D eigenvalue weighted by atomic mass is 16.6. The fourth-order valence-corrected chi connectivity index (χ4v) is 8.81. The van der Waals surface area contributed by atoms with Crippen molar-refractivity contribution in [3.05, 3.63) is 146 Å². The Kier molecular flexibility index (Phi) is 63.9. The zero-order valence-corrected chi connectivity index (χ0v) is 52.5. The standard InChI is InChI=1S/C75H122O6/c1-4-7-10-13-16-19-22-25-28-31-33-34-35-36-37-38-39-40-42-44-47-50-53-56-59-62-65-68-74(77)80-71-72(70-79-73(76)67-64-61-58-55-52-49-46-43-30-27-24-21-18-15-12-9-6-3)81-75(78)69-66-63-60-57-54-51-48-45-41-32-29-26-23-20-17-14-11-8-5-2/h7,10,16-21,25-30,33-34,36-37,39-41,44-45,47,72H,4-6,8-9,11-15,22-24,31-32,35,38,42-43,46,48-71H2,1-3H3/b10-7-,19-16-,20-17-,21-18-,28-25-,29-26-,30-27-,34-33-,37-36-,40-39-,45-41-,47-44-. The van der Waals surface area contributed by atoms with Gasteiger partial charge in [0.25, 0.3) is 0 Å². The molecule has 0 bridgehead atoms. The molecular weight excluding hydrogens is 997 g/mol. The largest absolute Gasteiger partial charge is 0.462 e. The molecule has 0 aliphatic heterocycles. The second-order valence-electron chi connectivity index (χ2n) is 21.6. The van der Waals surface area contributed by atoms with Crippen molar-refractivity contribution in [2.24, 2.45) is 0 Å². The molecule has 6 heteroatoms. The Hall–Kier alpha value is -4.71. The second kappa shape index (κ2) is 67.8. The summed E-state index contributed by atoms with van der Waals surface area (Å²) in [5.41, 5.74) is 0. The van der Waals surface area contributed by atoms with E-state index in [-0.39, 0.29) is 31.1 Å². The van der Waals surface area contributed by atoms with Crippen LogP contribution in [0.4, 0.5) is 0 Å². The first kappa shape index (κ1) is 76.3. The summed E-state index contributed by atoms with van der Waals surface area (Å²) in [5, 5.41) is 0. The molecule has 6 nitrogen and oxygen atoms in total. The fraction of sp³-hybridized carbons (Fsp3) is 0.640. The van der Waals surface area contributed by atoms with E-state index in [0.717, 1.165) is 161 Å². The summed E-state index contributed by atoms with van der Waals surface area (Å²) in [6.07, 6.45) is 97.0. The summed E-state index contributed by atoms with van der Waals surface area (Å²) >= 11 is 0. The lowest BCUT2D eigenvalue weighted by Gasteiger charge is -2.18. The molecule has 0 aromatic heterocycles. The van der Waals surface area contributed by atoms with Crippen LogP contribution in [0, 0.1) is 0 Å². The smallest absolute Gasteiger partial charge is 0.306 e. The van der Waals surface area contributed by atoms with Crippen LogP contribution in [-0.2, 0) is 28.6 Å². The maximum absolute atomic E-state index is 12.9. The van der Waals surface area contributed by atoms with Crippen LogP contribution < -0.4 is 0 Å². The van der Waals surface area contributed by atoms with Crippen LogP contribution >= 0.6 is 0 Å². The van der Waals surface area contributed by atoms with Crippen LogP contribution in [0.1, 0.15) is 290 Å². The average Bonchev–Trinajstić information content (AvgIpc) is 3.47. The Balaban J connectivity index is 4.47. The second-order valence-corrected chi connectivity index (χ2v) is 21.6. The van der Waals surface area contributed by atoms with E-state index in [2.05, 4.69) is 167 Å². The van der Waals surface area contributed by atoms with Crippen LogP contribution in [0.25, 0.3) is 0 Å². The van der Waals surface area contributed by atoms with Crippen LogP contribution in [0.15, 0.2) is 146 Å².